The molecule has 0 bridgehead atoms. The Morgan fingerprint density at radius 1 is 1.29 bits per heavy atom. The number of benzene rings is 2. The summed E-state index contributed by atoms with van der Waals surface area (Å²) in [4.78, 5) is 0. The van der Waals surface area contributed by atoms with E-state index in [-0.39, 0.29) is 6.04 Å². The number of para-hydroxylation sites is 1. The number of hydrogen-bond donors (Lipinski definition) is 1. The molecule has 4 heteroatoms. The van der Waals surface area contributed by atoms with Crippen LogP contribution in [-0.2, 0) is 0 Å². The smallest absolute Gasteiger partial charge is 0.124 e. The van der Waals surface area contributed by atoms with Crippen LogP contribution in [0, 0.1) is 11.3 Å². The molecule has 0 aromatic heterocycles. The first-order valence-corrected chi connectivity index (χ1v) is 7.16. The molecule has 0 amide bonds. The molecule has 0 spiro atoms. The molecule has 2 rings (SSSR count). The van der Waals surface area contributed by atoms with Gasteiger partial charge in [0.2, 0.25) is 0 Å². The van der Waals surface area contributed by atoms with Gasteiger partial charge in [-0.1, -0.05) is 36.7 Å². The lowest BCUT2D eigenvalue weighted by Crippen LogP contribution is -2.11. The molecular formula is C17H17ClN2O. The second-order valence-corrected chi connectivity index (χ2v) is 5.06. The first-order valence-electron chi connectivity index (χ1n) is 6.78. The maximum atomic E-state index is 8.88. The predicted octanol–water partition coefficient (Wildman–Crippen LogP) is 4.78. The molecule has 3 nitrogen and oxygen atoms in total. The Hall–Kier alpha value is -2.18. The van der Waals surface area contributed by atoms with Crippen molar-refractivity contribution in [2.75, 3.05) is 12.4 Å². The molecule has 1 unspecified atom stereocenters. The quantitative estimate of drug-likeness (QED) is 0.864. The topological polar surface area (TPSA) is 45.0 Å². The van der Waals surface area contributed by atoms with Crippen molar-refractivity contribution in [2.24, 2.45) is 0 Å². The van der Waals surface area contributed by atoms with Gasteiger partial charge in [-0.15, -0.1) is 0 Å². The lowest BCUT2D eigenvalue weighted by Gasteiger charge is -2.21. The number of methoxy groups -OCH3 is 1. The highest BCUT2D eigenvalue weighted by atomic mass is 35.5. The van der Waals surface area contributed by atoms with Crippen molar-refractivity contribution >= 4 is 17.3 Å². The van der Waals surface area contributed by atoms with Crippen LogP contribution in [0.5, 0.6) is 5.75 Å². The summed E-state index contributed by atoms with van der Waals surface area (Å²) in [7, 11) is 1.67. The highest BCUT2D eigenvalue weighted by molar-refractivity contribution is 6.33. The molecule has 0 radical (unpaired) electrons. The molecule has 1 N–H and O–H groups in total. The molecule has 0 saturated heterocycles. The van der Waals surface area contributed by atoms with Crippen LogP contribution in [0.1, 0.15) is 30.5 Å². The fourth-order valence-electron chi connectivity index (χ4n) is 2.24. The summed E-state index contributed by atoms with van der Waals surface area (Å²) < 4.78 is 5.42. The van der Waals surface area contributed by atoms with E-state index in [0.29, 0.717) is 10.6 Å². The molecule has 0 saturated carbocycles. The zero-order chi connectivity index (χ0) is 15.2. The first kappa shape index (κ1) is 15.2. The predicted molar refractivity (Wildman–Crippen MR) is 85.8 cm³/mol. The van der Waals surface area contributed by atoms with E-state index in [1.165, 1.54) is 0 Å². The normalized spacial score (nSPS) is 11.5. The number of anilines is 1. The Kier molecular flexibility index (Phi) is 5.08. The van der Waals surface area contributed by atoms with Crippen LogP contribution in [0.15, 0.2) is 42.5 Å². The average molecular weight is 301 g/mol. The molecule has 0 aliphatic carbocycles. The number of nitriles is 1. The minimum Gasteiger partial charge on any atom is -0.496 e. The van der Waals surface area contributed by atoms with E-state index in [9.17, 15) is 0 Å². The van der Waals surface area contributed by atoms with Crippen LogP contribution in [0.3, 0.4) is 0 Å². The van der Waals surface area contributed by atoms with Crippen molar-refractivity contribution < 1.29 is 4.74 Å². The highest BCUT2D eigenvalue weighted by Gasteiger charge is 2.15. The van der Waals surface area contributed by atoms with Crippen LogP contribution in [0.4, 0.5) is 5.69 Å². The van der Waals surface area contributed by atoms with E-state index < -0.39 is 0 Å². The lowest BCUT2D eigenvalue weighted by molar-refractivity contribution is 0.406. The van der Waals surface area contributed by atoms with Crippen LogP contribution in [-0.4, -0.2) is 7.11 Å². The Balaban J connectivity index is 2.29. The van der Waals surface area contributed by atoms with E-state index in [2.05, 4.69) is 18.3 Å². The molecule has 2 aromatic carbocycles. The van der Waals surface area contributed by atoms with E-state index in [1.54, 1.807) is 19.2 Å². The number of nitrogens with zero attached hydrogens (tertiary/aromatic N) is 1. The standard InChI is InChI=1S/C17H17ClN2O/c1-3-15(13-6-4-5-7-17(13)21-2)20-16-9-8-12(11-19)10-14(16)18/h4-10,15,20H,3H2,1-2H3. The molecule has 0 fully saturated rings. The fourth-order valence-corrected chi connectivity index (χ4v) is 2.48. The van der Waals surface area contributed by atoms with Crippen LogP contribution >= 0.6 is 11.6 Å². The third-order valence-electron chi connectivity index (χ3n) is 3.35. The van der Waals surface area contributed by atoms with Gasteiger partial charge in [-0.3, -0.25) is 0 Å². The van der Waals surface area contributed by atoms with E-state index in [1.807, 2.05) is 30.3 Å². The molecule has 21 heavy (non-hydrogen) atoms. The van der Waals surface area contributed by atoms with Gasteiger partial charge in [0.15, 0.2) is 0 Å². The van der Waals surface area contributed by atoms with Crippen molar-refractivity contribution in [3.63, 3.8) is 0 Å². The summed E-state index contributed by atoms with van der Waals surface area (Å²) in [6.45, 7) is 2.10. The maximum absolute atomic E-state index is 8.88. The molecule has 0 aliphatic heterocycles. The average Bonchev–Trinajstić information content (AvgIpc) is 2.53. The molecule has 108 valence electrons. The van der Waals surface area contributed by atoms with Crippen LogP contribution in [0.25, 0.3) is 0 Å². The van der Waals surface area contributed by atoms with Crippen molar-refractivity contribution in [2.45, 2.75) is 19.4 Å². The van der Waals surface area contributed by atoms with Crippen molar-refractivity contribution in [3.8, 4) is 11.8 Å². The molecular weight excluding hydrogens is 284 g/mol. The van der Waals surface area contributed by atoms with Gasteiger partial charge in [-0.05, 0) is 30.7 Å². The summed E-state index contributed by atoms with van der Waals surface area (Å²) >= 11 is 6.23. The zero-order valence-electron chi connectivity index (χ0n) is 12.1. The minimum atomic E-state index is 0.0894. The summed E-state index contributed by atoms with van der Waals surface area (Å²) in [5.74, 6) is 0.849. The summed E-state index contributed by atoms with van der Waals surface area (Å²) in [6.07, 6.45) is 0.886. The zero-order valence-corrected chi connectivity index (χ0v) is 12.8. The van der Waals surface area contributed by atoms with Gasteiger partial charge < -0.3 is 10.1 Å². The monoisotopic (exact) mass is 300 g/mol. The number of hydrogen-bond acceptors (Lipinski definition) is 3. The van der Waals surface area contributed by atoms with Gasteiger partial charge in [0.25, 0.3) is 0 Å². The largest absolute Gasteiger partial charge is 0.496 e. The van der Waals surface area contributed by atoms with Crippen LogP contribution in [0.2, 0.25) is 5.02 Å². The van der Waals surface area contributed by atoms with Crippen molar-refractivity contribution in [1.29, 1.82) is 5.26 Å². The number of rotatable bonds is 5. The Labute approximate surface area is 130 Å². The fraction of sp³-hybridized carbons (Fsp3) is 0.235. The van der Waals surface area contributed by atoms with Gasteiger partial charge in [-0.25, -0.2) is 0 Å². The minimum absolute atomic E-state index is 0.0894. The summed E-state index contributed by atoms with van der Waals surface area (Å²) in [5, 5.41) is 12.8. The van der Waals surface area contributed by atoms with Crippen molar-refractivity contribution in [1.82, 2.24) is 0 Å². The van der Waals surface area contributed by atoms with Crippen LogP contribution < -0.4 is 10.1 Å². The summed E-state index contributed by atoms with van der Waals surface area (Å²) in [5.41, 5.74) is 2.45. The molecule has 0 heterocycles. The summed E-state index contributed by atoms with van der Waals surface area (Å²) in [6, 6.07) is 15.3. The van der Waals surface area contributed by atoms with E-state index in [4.69, 9.17) is 21.6 Å². The van der Waals surface area contributed by atoms with Gasteiger partial charge in [0.1, 0.15) is 5.75 Å². The maximum Gasteiger partial charge on any atom is 0.124 e. The number of nitrogens with one attached hydrogen (secondary N) is 1. The molecule has 1 atom stereocenters. The Bertz CT molecular complexity index is 664. The van der Waals surface area contributed by atoms with E-state index >= 15 is 0 Å². The Morgan fingerprint density at radius 3 is 2.67 bits per heavy atom. The van der Waals surface area contributed by atoms with Gasteiger partial charge in [0, 0.05) is 5.56 Å². The third-order valence-corrected chi connectivity index (χ3v) is 3.66. The van der Waals surface area contributed by atoms with E-state index in [0.717, 1.165) is 23.4 Å². The Morgan fingerprint density at radius 2 is 2.05 bits per heavy atom. The second-order valence-electron chi connectivity index (χ2n) is 4.65. The highest BCUT2D eigenvalue weighted by Crippen LogP contribution is 2.32. The van der Waals surface area contributed by atoms with Gasteiger partial charge in [-0.2, -0.15) is 5.26 Å². The number of halogens is 1. The molecule has 2 aromatic rings. The molecule has 0 aliphatic rings. The van der Waals surface area contributed by atoms with Crippen molar-refractivity contribution in [3.05, 3.63) is 58.6 Å². The second kappa shape index (κ2) is 7.01. The number of ether oxygens (including phenoxy) is 1. The van der Waals surface area contributed by atoms with Gasteiger partial charge in [0.05, 0.1) is 35.5 Å². The first-order chi connectivity index (χ1) is 10.2. The third kappa shape index (κ3) is 3.48. The lowest BCUT2D eigenvalue weighted by atomic mass is 10.0. The van der Waals surface area contributed by atoms with Gasteiger partial charge >= 0.3 is 0 Å². The SMILES string of the molecule is CCC(Nc1ccc(C#N)cc1Cl)c1ccccc1OC.